The van der Waals surface area contributed by atoms with E-state index >= 15 is 0 Å². The molecular formula is C13H23NO4. The Bertz CT molecular complexity index is 296. The first-order chi connectivity index (χ1) is 8.37. The molecule has 1 amide bonds. The van der Waals surface area contributed by atoms with E-state index in [1.165, 1.54) is 0 Å². The number of amides is 1. The van der Waals surface area contributed by atoms with Crippen molar-refractivity contribution in [3.8, 4) is 0 Å². The number of rotatable bonds is 1. The minimum absolute atomic E-state index is 0.151. The highest BCUT2D eigenvalue weighted by Gasteiger charge is 2.21. The van der Waals surface area contributed by atoms with Gasteiger partial charge >= 0.3 is 12.1 Å². The molecule has 0 aliphatic carbocycles. The molecule has 1 rings (SSSR count). The fraction of sp³-hybridized carbons (Fsp3) is 0.846. The second kappa shape index (κ2) is 6.61. The quantitative estimate of drug-likeness (QED) is 0.732. The molecule has 1 aliphatic heterocycles. The number of alkyl carbamates (subject to hydrolysis) is 1. The highest BCUT2D eigenvalue weighted by Crippen LogP contribution is 2.12. The molecule has 5 nitrogen and oxygen atoms in total. The summed E-state index contributed by atoms with van der Waals surface area (Å²) in [6.45, 7) is 5.68. The fourth-order valence-corrected chi connectivity index (χ4v) is 1.77. The van der Waals surface area contributed by atoms with Crippen LogP contribution in [0.1, 0.15) is 52.9 Å². The van der Waals surface area contributed by atoms with E-state index < -0.39 is 11.7 Å². The summed E-state index contributed by atoms with van der Waals surface area (Å²) in [5.41, 5.74) is -0.515. The number of hydrogen-bond donors (Lipinski definition) is 1. The van der Waals surface area contributed by atoms with Gasteiger partial charge in [0.25, 0.3) is 0 Å². The summed E-state index contributed by atoms with van der Waals surface area (Å²) in [7, 11) is 0. The van der Waals surface area contributed by atoms with Crippen molar-refractivity contribution in [2.24, 2.45) is 0 Å². The van der Waals surface area contributed by atoms with Crippen molar-refractivity contribution in [3.63, 3.8) is 0 Å². The number of cyclic esters (lactones) is 1. The first-order valence-corrected chi connectivity index (χ1v) is 6.52. The van der Waals surface area contributed by atoms with E-state index in [9.17, 15) is 9.59 Å². The first kappa shape index (κ1) is 14.8. The first-order valence-electron chi connectivity index (χ1n) is 6.52. The molecule has 0 radical (unpaired) electrons. The Kier molecular flexibility index (Phi) is 5.44. The molecule has 0 spiro atoms. The number of carbonyl (C=O) groups excluding carboxylic acids is 2. The van der Waals surface area contributed by atoms with Crippen molar-refractivity contribution in [1.29, 1.82) is 0 Å². The van der Waals surface area contributed by atoms with Crippen molar-refractivity contribution in [1.82, 2.24) is 5.32 Å². The van der Waals surface area contributed by atoms with Crippen LogP contribution in [0.3, 0.4) is 0 Å². The smallest absolute Gasteiger partial charge is 0.407 e. The third kappa shape index (κ3) is 6.47. The lowest BCUT2D eigenvalue weighted by atomic mass is 10.1. The zero-order valence-electron chi connectivity index (χ0n) is 11.5. The minimum atomic E-state index is -0.515. The number of esters is 1. The summed E-state index contributed by atoms with van der Waals surface area (Å²) in [6.07, 6.45) is 3.66. The molecular weight excluding hydrogens is 234 g/mol. The van der Waals surface area contributed by atoms with Crippen LogP contribution < -0.4 is 5.32 Å². The van der Waals surface area contributed by atoms with Crippen LogP contribution >= 0.6 is 0 Å². The molecule has 0 aromatic heterocycles. The molecule has 1 N–H and O–H groups in total. The largest absolute Gasteiger partial charge is 0.463 e. The van der Waals surface area contributed by atoms with Crippen LogP contribution in [0.15, 0.2) is 0 Å². The second-order valence-corrected chi connectivity index (χ2v) is 5.63. The van der Waals surface area contributed by atoms with Crippen molar-refractivity contribution >= 4 is 12.1 Å². The van der Waals surface area contributed by atoms with Gasteiger partial charge in [-0.25, -0.2) is 4.79 Å². The summed E-state index contributed by atoms with van der Waals surface area (Å²) >= 11 is 0. The lowest BCUT2D eigenvalue weighted by Gasteiger charge is -2.23. The molecule has 0 aromatic rings. The van der Waals surface area contributed by atoms with E-state index in [0.29, 0.717) is 6.42 Å². The van der Waals surface area contributed by atoms with Crippen molar-refractivity contribution in [3.05, 3.63) is 0 Å². The topological polar surface area (TPSA) is 64.6 Å². The molecule has 1 fully saturated rings. The van der Waals surface area contributed by atoms with Crippen LogP contribution in [-0.4, -0.2) is 30.3 Å². The van der Waals surface area contributed by atoms with Crippen LogP contribution in [0.2, 0.25) is 0 Å². The summed E-state index contributed by atoms with van der Waals surface area (Å²) in [5, 5.41) is 2.75. The van der Waals surface area contributed by atoms with Gasteiger partial charge in [0.05, 0.1) is 6.04 Å². The van der Waals surface area contributed by atoms with Gasteiger partial charge in [-0.2, -0.15) is 0 Å². The van der Waals surface area contributed by atoms with Gasteiger partial charge < -0.3 is 14.8 Å². The predicted octanol–water partition coefficient (Wildman–Crippen LogP) is 2.39. The second-order valence-electron chi connectivity index (χ2n) is 5.63. The molecule has 0 aromatic carbocycles. The number of carbonyl (C=O) groups is 2. The van der Waals surface area contributed by atoms with Gasteiger partial charge in [0, 0.05) is 6.42 Å². The minimum Gasteiger partial charge on any atom is -0.463 e. The van der Waals surface area contributed by atoms with Gasteiger partial charge in [-0.15, -0.1) is 0 Å². The number of nitrogens with one attached hydrogen (secondary N) is 1. The van der Waals surface area contributed by atoms with Gasteiger partial charge in [-0.05, 0) is 33.6 Å². The summed E-state index contributed by atoms with van der Waals surface area (Å²) < 4.78 is 10.3. The van der Waals surface area contributed by atoms with Gasteiger partial charge in [0.2, 0.25) is 0 Å². The van der Waals surface area contributed by atoms with E-state index in [2.05, 4.69) is 5.32 Å². The zero-order chi connectivity index (χ0) is 13.6. The molecule has 1 atom stereocenters. The maximum absolute atomic E-state index is 11.6. The maximum Gasteiger partial charge on any atom is 0.407 e. The summed E-state index contributed by atoms with van der Waals surface area (Å²) in [4.78, 5) is 22.9. The Balaban J connectivity index is 2.42. The Morgan fingerprint density at radius 3 is 2.72 bits per heavy atom. The number of ether oxygens (including phenoxy) is 2. The zero-order valence-corrected chi connectivity index (χ0v) is 11.5. The normalized spacial score (nSPS) is 22.2. The van der Waals surface area contributed by atoms with Crippen LogP contribution in [0, 0.1) is 0 Å². The predicted molar refractivity (Wildman–Crippen MR) is 67.2 cm³/mol. The molecule has 5 heteroatoms. The Morgan fingerprint density at radius 2 is 2.06 bits per heavy atom. The van der Waals surface area contributed by atoms with E-state index in [0.717, 1.165) is 25.7 Å². The Morgan fingerprint density at radius 1 is 1.33 bits per heavy atom. The van der Waals surface area contributed by atoms with E-state index in [4.69, 9.17) is 9.47 Å². The lowest BCUT2D eigenvalue weighted by Crippen LogP contribution is -2.41. The number of hydrogen-bond acceptors (Lipinski definition) is 4. The van der Waals surface area contributed by atoms with Gasteiger partial charge in [0.1, 0.15) is 12.2 Å². The van der Waals surface area contributed by atoms with Gasteiger partial charge in [0.15, 0.2) is 0 Å². The fourth-order valence-electron chi connectivity index (χ4n) is 1.77. The molecule has 0 saturated carbocycles. The average molecular weight is 257 g/mol. The maximum atomic E-state index is 11.6. The third-order valence-electron chi connectivity index (χ3n) is 2.60. The summed E-state index contributed by atoms with van der Waals surface area (Å²) in [6, 6.07) is -0.151. The van der Waals surface area contributed by atoms with E-state index in [-0.39, 0.29) is 18.6 Å². The van der Waals surface area contributed by atoms with Crippen molar-refractivity contribution in [2.45, 2.75) is 64.5 Å². The highest BCUT2D eigenvalue weighted by atomic mass is 16.6. The monoisotopic (exact) mass is 257 g/mol. The Labute approximate surface area is 108 Å². The standard InChI is InChI=1S/C13H23NO4/c1-13(2,3)18-12(16)14-10-7-5-4-6-8-11(15)17-9-10/h10H,4-9H2,1-3H3,(H,14,16)/t10-/m1/s1. The SMILES string of the molecule is CC(C)(C)OC(=O)N[C@@H]1CCCCCC(=O)OC1. The van der Waals surface area contributed by atoms with Crippen molar-refractivity contribution in [2.75, 3.05) is 6.61 Å². The highest BCUT2D eigenvalue weighted by molar-refractivity contribution is 5.70. The van der Waals surface area contributed by atoms with Gasteiger partial charge in [-0.1, -0.05) is 12.8 Å². The lowest BCUT2D eigenvalue weighted by molar-refractivity contribution is -0.144. The van der Waals surface area contributed by atoms with E-state index in [1.807, 2.05) is 20.8 Å². The van der Waals surface area contributed by atoms with Crippen LogP contribution in [-0.2, 0) is 14.3 Å². The molecule has 0 unspecified atom stereocenters. The van der Waals surface area contributed by atoms with E-state index in [1.54, 1.807) is 0 Å². The molecule has 104 valence electrons. The van der Waals surface area contributed by atoms with Crippen molar-refractivity contribution < 1.29 is 19.1 Å². The summed E-state index contributed by atoms with van der Waals surface area (Å²) in [5.74, 6) is -0.187. The van der Waals surface area contributed by atoms with Gasteiger partial charge in [-0.3, -0.25) is 4.79 Å². The van der Waals surface area contributed by atoms with Crippen LogP contribution in [0.5, 0.6) is 0 Å². The Hall–Kier alpha value is -1.26. The van der Waals surface area contributed by atoms with Crippen LogP contribution in [0.25, 0.3) is 0 Å². The van der Waals surface area contributed by atoms with Crippen LogP contribution in [0.4, 0.5) is 4.79 Å². The third-order valence-corrected chi connectivity index (χ3v) is 2.60. The molecule has 1 aliphatic rings. The molecule has 18 heavy (non-hydrogen) atoms. The average Bonchev–Trinajstić information content (AvgIpc) is 2.30. The molecule has 1 saturated heterocycles. The molecule has 1 heterocycles. The molecule has 0 bridgehead atoms.